The first kappa shape index (κ1) is 14.2. The van der Waals surface area contributed by atoms with Crippen LogP contribution < -0.4 is 0 Å². The fraction of sp³-hybridized carbons (Fsp3) is 0.500. The zero-order valence-corrected chi connectivity index (χ0v) is 11.5. The second-order valence-electron chi connectivity index (χ2n) is 4.59. The monoisotopic (exact) mass is 282 g/mol. The Balaban J connectivity index is 1.72. The van der Waals surface area contributed by atoms with Gasteiger partial charge in [0.1, 0.15) is 0 Å². The van der Waals surface area contributed by atoms with E-state index < -0.39 is 5.97 Å². The van der Waals surface area contributed by atoms with Crippen LogP contribution in [0.3, 0.4) is 0 Å². The number of hydrogen-bond donors (Lipinski definition) is 1. The highest BCUT2D eigenvalue weighted by atomic mass is 32.1. The van der Waals surface area contributed by atoms with Crippen molar-refractivity contribution >= 4 is 23.4 Å². The third kappa shape index (κ3) is 5.14. The van der Waals surface area contributed by atoms with E-state index in [0.29, 0.717) is 12.5 Å². The van der Waals surface area contributed by atoms with Gasteiger partial charge in [0, 0.05) is 24.2 Å². The largest absolute Gasteiger partial charge is 0.478 e. The summed E-state index contributed by atoms with van der Waals surface area (Å²) in [5, 5.41) is 10.5. The van der Waals surface area contributed by atoms with E-state index >= 15 is 0 Å². The summed E-state index contributed by atoms with van der Waals surface area (Å²) in [6.45, 7) is 3.07. The molecule has 5 heteroatoms. The minimum atomic E-state index is -0.927. The first-order chi connectivity index (χ1) is 9.24. The molecule has 1 N–H and O–H groups in total. The fourth-order valence-electron chi connectivity index (χ4n) is 1.97. The average molecular weight is 282 g/mol. The lowest BCUT2D eigenvalue weighted by Gasteiger charge is -2.21. The summed E-state index contributed by atoms with van der Waals surface area (Å²) in [4.78, 5) is 11.5. The summed E-state index contributed by atoms with van der Waals surface area (Å²) in [6, 6.07) is 1.97. The van der Waals surface area contributed by atoms with Gasteiger partial charge < -0.3 is 14.6 Å². The summed E-state index contributed by atoms with van der Waals surface area (Å²) in [5.41, 5.74) is 0.914. The first-order valence-electron chi connectivity index (χ1n) is 6.38. The van der Waals surface area contributed by atoms with Gasteiger partial charge in [-0.05, 0) is 41.8 Å². The molecule has 1 saturated heterocycles. The van der Waals surface area contributed by atoms with Gasteiger partial charge in [0.05, 0.1) is 13.2 Å². The number of carboxylic acid groups (broad SMARTS) is 1. The van der Waals surface area contributed by atoms with Crippen LogP contribution in [-0.4, -0.2) is 30.9 Å². The molecule has 1 aliphatic rings. The molecule has 0 atom stereocenters. The number of ether oxygens (including phenoxy) is 2. The number of hydrogen-bond acceptors (Lipinski definition) is 4. The predicted molar refractivity (Wildman–Crippen MR) is 74.2 cm³/mol. The van der Waals surface area contributed by atoms with E-state index in [0.717, 1.165) is 49.2 Å². The van der Waals surface area contributed by atoms with E-state index in [-0.39, 0.29) is 0 Å². The topological polar surface area (TPSA) is 55.8 Å². The Hall–Kier alpha value is -1.17. The van der Waals surface area contributed by atoms with Crippen LogP contribution in [0.25, 0.3) is 6.08 Å². The molecule has 0 aromatic carbocycles. The lowest BCUT2D eigenvalue weighted by molar-refractivity contribution is -0.131. The summed E-state index contributed by atoms with van der Waals surface area (Å²) in [6.07, 6.45) is 4.91. The van der Waals surface area contributed by atoms with Crippen LogP contribution in [0, 0.1) is 5.92 Å². The Morgan fingerprint density at radius 1 is 1.53 bits per heavy atom. The standard InChI is InChI=1S/C14H18O4S/c15-14(16)2-1-12-7-13(19-10-12)9-18-8-11-3-5-17-6-4-11/h1-2,7,10-11H,3-6,8-9H2,(H,15,16). The Morgan fingerprint density at radius 3 is 3.05 bits per heavy atom. The number of aliphatic carboxylic acids is 1. The van der Waals surface area contributed by atoms with Crippen LogP contribution in [0.4, 0.5) is 0 Å². The van der Waals surface area contributed by atoms with Gasteiger partial charge in [-0.25, -0.2) is 4.79 Å². The summed E-state index contributed by atoms with van der Waals surface area (Å²) in [7, 11) is 0. The maximum atomic E-state index is 10.4. The molecule has 4 nitrogen and oxygen atoms in total. The Bertz CT molecular complexity index is 432. The van der Waals surface area contributed by atoms with Crippen molar-refractivity contribution < 1.29 is 19.4 Å². The number of carbonyl (C=O) groups is 1. The van der Waals surface area contributed by atoms with Crippen molar-refractivity contribution in [1.82, 2.24) is 0 Å². The van der Waals surface area contributed by atoms with Crippen LogP contribution in [0.15, 0.2) is 17.5 Å². The molecule has 19 heavy (non-hydrogen) atoms. The van der Waals surface area contributed by atoms with E-state index in [1.807, 2.05) is 11.4 Å². The molecular weight excluding hydrogens is 264 g/mol. The van der Waals surface area contributed by atoms with Gasteiger partial charge in [-0.1, -0.05) is 0 Å². The zero-order chi connectivity index (χ0) is 13.5. The molecule has 0 aliphatic carbocycles. The molecule has 2 rings (SSSR count). The third-order valence-electron chi connectivity index (χ3n) is 3.03. The molecule has 1 aromatic heterocycles. The number of rotatable bonds is 6. The highest BCUT2D eigenvalue weighted by Gasteiger charge is 2.13. The van der Waals surface area contributed by atoms with E-state index in [1.54, 1.807) is 17.4 Å². The molecule has 0 saturated carbocycles. The van der Waals surface area contributed by atoms with Gasteiger partial charge in [0.25, 0.3) is 0 Å². The van der Waals surface area contributed by atoms with Gasteiger partial charge in [-0.3, -0.25) is 0 Å². The van der Waals surface area contributed by atoms with Crippen molar-refractivity contribution in [3.63, 3.8) is 0 Å². The first-order valence-corrected chi connectivity index (χ1v) is 7.26. The molecule has 0 unspecified atom stereocenters. The molecule has 0 spiro atoms. The highest BCUT2D eigenvalue weighted by molar-refractivity contribution is 7.10. The van der Waals surface area contributed by atoms with E-state index in [9.17, 15) is 4.79 Å². The van der Waals surface area contributed by atoms with Crippen molar-refractivity contribution in [1.29, 1.82) is 0 Å². The Morgan fingerprint density at radius 2 is 2.32 bits per heavy atom. The van der Waals surface area contributed by atoms with Crippen LogP contribution in [0.2, 0.25) is 0 Å². The third-order valence-corrected chi connectivity index (χ3v) is 3.96. The lowest BCUT2D eigenvalue weighted by atomic mass is 10.0. The van der Waals surface area contributed by atoms with E-state index in [2.05, 4.69) is 0 Å². The zero-order valence-electron chi connectivity index (χ0n) is 10.7. The lowest BCUT2D eigenvalue weighted by Crippen LogP contribution is -2.19. The molecule has 1 aliphatic heterocycles. The minimum Gasteiger partial charge on any atom is -0.478 e. The molecule has 0 amide bonds. The predicted octanol–water partition coefficient (Wildman–Crippen LogP) is 2.79. The molecule has 1 aromatic rings. The molecule has 0 radical (unpaired) electrons. The highest BCUT2D eigenvalue weighted by Crippen LogP contribution is 2.19. The van der Waals surface area contributed by atoms with Gasteiger partial charge in [0.15, 0.2) is 0 Å². The van der Waals surface area contributed by atoms with Crippen molar-refractivity contribution in [3.8, 4) is 0 Å². The van der Waals surface area contributed by atoms with Crippen molar-refractivity contribution in [2.45, 2.75) is 19.4 Å². The molecule has 1 fully saturated rings. The quantitative estimate of drug-likeness (QED) is 0.815. The van der Waals surface area contributed by atoms with Gasteiger partial charge >= 0.3 is 5.97 Å². The second-order valence-corrected chi connectivity index (χ2v) is 5.58. The van der Waals surface area contributed by atoms with Crippen LogP contribution in [0.1, 0.15) is 23.3 Å². The smallest absolute Gasteiger partial charge is 0.328 e. The average Bonchev–Trinajstić information content (AvgIpc) is 2.86. The SMILES string of the molecule is O=C(O)C=Cc1csc(COCC2CCOCC2)c1. The summed E-state index contributed by atoms with van der Waals surface area (Å²) >= 11 is 1.59. The Labute approximate surface area is 116 Å². The van der Waals surface area contributed by atoms with Crippen molar-refractivity contribution in [2.24, 2.45) is 5.92 Å². The maximum Gasteiger partial charge on any atom is 0.328 e. The second kappa shape index (κ2) is 7.43. The summed E-state index contributed by atoms with van der Waals surface area (Å²) < 4.78 is 11.0. The van der Waals surface area contributed by atoms with Crippen molar-refractivity contribution in [3.05, 3.63) is 28.0 Å². The summed E-state index contributed by atoms with van der Waals surface area (Å²) in [5.74, 6) is -0.316. The van der Waals surface area contributed by atoms with Gasteiger partial charge in [-0.15, -0.1) is 11.3 Å². The number of carboxylic acids is 1. The van der Waals surface area contributed by atoms with Crippen LogP contribution in [-0.2, 0) is 20.9 Å². The normalized spacial score (nSPS) is 17.1. The van der Waals surface area contributed by atoms with E-state index in [1.165, 1.54) is 0 Å². The maximum absolute atomic E-state index is 10.4. The fourth-order valence-corrected chi connectivity index (χ4v) is 2.76. The van der Waals surface area contributed by atoms with Crippen molar-refractivity contribution in [2.75, 3.05) is 19.8 Å². The number of thiophene rings is 1. The van der Waals surface area contributed by atoms with Gasteiger partial charge in [0.2, 0.25) is 0 Å². The molecular formula is C14H18O4S. The molecule has 2 heterocycles. The molecule has 0 bridgehead atoms. The molecule has 104 valence electrons. The van der Waals surface area contributed by atoms with Crippen LogP contribution in [0.5, 0.6) is 0 Å². The van der Waals surface area contributed by atoms with Gasteiger partial charge in [-0.2, -0.15) is 0 Å². The minimum absolute atomic E-state index is 0.600. The van der Waals surface area contributed by atoms with Crippen LogP contribution >= 0.6 is 11.3 Å². The Kier molecular flexibility index (Phi) is 5.57. The van der Waals surface area contributed by atoms with E-state index in [4.69, 9.17) is 14.6 Å².